The van der Waals surface area contributed by atoms with Gasteiger partial charge in [-0.15, -0.1) is 11.8 Å². The van der Waals surface area contributed by atoms with Crippen molar-refractivity contribution in [1.82, 2.24) is 10.2 Å². The highest BCUT2D eigenvalue weighted by molar-refractivity contribution is 8.06. The molecule has 0 spiro atoms. The summed E-state index contributed by atoms with van der Waals surface area (Å²) >= 11 is 2.21. The molecule has 11 heteroatoms. The van der Waals surface area contributed by atoms with Crippen LogP contribution in [-0.4, -0.2) is 53.7 Å². The van der Waals surface area contributed by atoms with Gasteiger partial charge in [0.25, 0.3) is 11.6 Å². The molecule has 1 unspecified atom stereocenters. The van der Waals surface area contributed by atoms with E-state index in [9.17, 15) is 29.6 Å². The van der Waals surface area contributed by atoms with Gasteiger partial charge in [-0.05, 0) is 74.1 Å². The molecule has 2 aromatic carbocycles. The Morgan fingerprint density at radius 3 is 2.35 bits per heavy atom. The van der Waals surface area contributed by atoms with E-state index in [1.54, 1.807) is 32.0 Å². The van der Waals surface area contributed by atoms with Gasteiger partial charge in [0.2, 0.25) is 10.8 Å². The van der Waals surface area contributed by atoms with Crippen LogP contribution < -0.4 is 5.32 Å². The number of carboxylic acid groups (broad SMARTS) is 1. The number of aryl methyl sites for hydroxylation is 2. The highest BCUT2D eigenvalue weighted by Gasteiger charge is 2.73. The van der Waals surface area contributed by atoms with Crippen molar-refractivity contribution in [2.75, 3.05) is 0 Å². The van der Waals surface area contributed by atoms with Crippen LogP contribution in [0.3, 0.4) is 0 Å². The van der Waals surface area contributed by atoms with E-state index in [0.717, 1.165) is 48.6 Å². The number of carboxylic acids is 1. The molecule has 0 aliphatic carbocycles. The maximum atomic E-state index is 13.9. The second-order valence-corrected chi connectivity index (χ2v) is 15.8. The van der Waals surface area contributed by atoms with Gasteiger partial charge in [0, 0.05) is 10.8 Å². The first-order chi connectivity index (χ1) is 20.2. The number of benzene rings is 2. The first-order valence-electron chi connectivity index (χ1n) is 14.7. The van der Waals surface area contributed by atoms with Gasteiger partial charge in [-0.3, -0.25) is 19.7 Å². The number of amides is 2. The minimum absolute atomic E-state index is 0.0352. The van der Waals surface area contributed by atoms with Crippen molar-refractivity contribution in [3.63, 3.8) is 0 Å². The minimum Gasteiger partial charge on any atom is -0.480 e. The summed E-state index contributed by atoms with van der Waals surface area (Å²) in [5.41, 5.74) is 3.03. The molecule has 3 atom stereocenters. The van der Waals surface area contributed by atoms with Crippen LogP contribution >= 0.6 is 23.5 Å². The highest BCUT2D eigenvalue weighted by Crippen LogP contribution is 2.60. The van der Waals surface area contributed by atoms with Crippen molar-refractivity contribution >= 4 is 47.0 Å². The number of para-hydroxylation sites is 1. The molecule has 2 saturated heterocycles. The molecular weight excluding hydrogens is 587 g/mol. The van der Waals surface area contributed by atoms with Crippen molar-refractivity contribution in [1.29, 1.82) is 0 Å². The van der Waals surface area contributed by atoms with Crippen LogP contribution in [0.25, 0.3) is 0 Å². The van der Waals surface area contributed by atoms with Crippen molar-refractivity contribution in [3.05, 3.63) is 69.3 Å². The van der Waals surface area contributed by atoms with Gasteiger partial charge in [-0.1, -0.05) is 69.8 Å². The summed E-state index contributed by atoms with van der Waals surface area (Å²) in [6.07, 6.45) is 3.86. The van der Waals surface area contributed by atoms with Gasteiger partial charge in [-0.25, -0.2) is 4.79 Å². The van der Waals surface area contributed by atoms with Crippen LogP contribution in [0.2, 0.25) is 0 Å². The van der Waals surface area contributed by atoms with Crippen LogP contribution in [0.15, 0.2) is 47.4 Å². The standard InChI is InChI=1S/C32H41N3O6S2/c1-19(2)11-13-21-14-16-23(22(17-21)15-12-20(3)4)18-26(36)33-32(42-25-10-8-7-9-24(25)35(40)41)29(39)34-27(28(37)38)31(5,6)43-30(32)34/h7-10,14,16-17,19-20,27,30H,11-13,15,18H2,1-6H3,(H,33,36)(H,37,38)/t27-,30+,32?/m0/s1. The lowest BCUT2D eigenvalue weighted by Crippen LogP contribution is -2.78. The number of aliphatic carboxylic acids is 1. The summed E-state index contributed by atoms with van der Waals surface area (Å²) in [5, 5.41) is 24.0. The molecule has 0 radical (unpaired) electrons. The topological polar surface area (TPSA) is 130 Å². The summed E-state index contributed by atoms with van der Waals surface area (Å²) in [5.74, 6) is -1.01. The van der Waals surface area contributed by atoms with Crippen molar-refractivity contribution in [3.8, 4) is 0 Å². The number of nitro groups is 1. The predicted octanol–water partition coefficient (Wildman–Crippen LogP) is 6.07. The third-order valence-electron chi connectivity index (χ3n) is 8.02. The van der Waals surface area contributed by atoms with E-state index >= 15 is 0 Å². The summed E-state index contributed by atoms with van der Waals surface area (Å²) in [6.45, 7) is 12.2. The molecule has 2 aromatic rings. The second kappa shape index (κ2) is 12.9. The molecule has 2 N–H and O–H groups in total. The number of rotatable bonds is 13. The van der Waals surface area contributed by atoms with Gasteiger partial charge < -0.3 is 15.3 Å². The fourth-order valence-electron chi connectivity index (χ4n) is 5.70. The number of thioether (sulfide) groups is 2. The number of β-lactam (4-membered cyclic amide) rings is 1. The molecule has 0 bridgehead atoms. The highest BCUT2D eigenvalue weighted by atomic mass is 32.2. The van der Waals surface area contributed by atoms with Crippen LogP contribution in [0, 0.1) is 22.0 Å². The maximum absolute atomic E-state index is 13.9. The molecular formula is C32H41N3O6S2. The third-order valence-corrected chi connectivity index (χ3v) is 11.2. The number of nitrogens with one attached hydrogen (secondary N) is 1. The van der Waals surface area contributed by atoms with E-state index in [-0.39, 0.29) is 17.0 Å². The first kappa shape index (κ1) is 32.9. The zero-order valence-corrected chi connectivity index (χ0v) is 27.2. The van der Waals surface area contributed by atoms with Crippen molar-refractivity contribution < 1.29 is 24.4 Å². The molecule has 2 heterocycles. The third kappa shape index (κ3) is 6.87. The molecule has 2 amide bonds. The molecule has 9 nitrogen and oxygen atoms in total. The second-order valence-electron chi connectivity index (χ2n) is 12.8. The monoisotopic (exact) mass is 627 g/mol. The molecule has 2 aliphatic rings. The van der Waals surface area contributed by atoms with E-state index in [1.165, 1.54) is 28.3 Å². The SMILES string of the molecule is CC(C)CCc1ccc(CC(=O)NC2(Sc3ccccc3[N+](=O)[O-])C(=O)N3[C@@H](C(=O)O)C(C)(C)S[C@@H]32)c(CCC(C)C)c1. The van der Waals surface area contributed by atoms with Crippen LogP contribution in [-0.2, 0) is 33.6 Å². The number of hydrogen-bond donors (Lipinski definition) is 2. The van der Waals surface area contributed by atoms with E-state index in [0.29, 0.717) is 11.8 Å². The number of carbonyl (C=O) groups is 3. The largest absolute Gasteiger partial charge is 0.480 e. The van der Waals surface area contributed by atoms with E-state index < -0.39 is 43.7 Å². The smallest absolute Gasteiger partial charge is 0.327 e. The number of fused-ring (bicyclic) bond motifs is 1. The van der Waals surface area contributed by atoms with E-state index in [2.05, 4.69) is 45.1 Å². The van der Waals surface area contributed by atoms with Crippen molar-refractivity contribution in [2.45, 2.75) is 99.6 Å². The summed E-state index contributed by atoms with van der Waals surface area (Å²) in [4.78, 5) is 51.1. The molecule has 2 aliphatic heterocycles. The number of nitro benzene ring substituents is 1. The van der Waals surface area contributed by atoms with Gasteiger partial charge in [-0.2, -0.15) is 0 Å². The Bertz CT molecular complexity index is 1410. The maximum Gasteiger partial charge on any atom is 0.327 e. The summed E-state index contributed by atoms with van der Waals surface area (Å²) in [7, 11) is 0. The number of hydrogen-bond acceptors (Lipinski definition) is 7. The van der Waals surface area contributed by atoms with Gasteiger partial charge in [0.05, 0.1) is 16.2 Å². The lowest BCUT2D eigenvalue weighted by atomic mass is 9.92. The van der Waals surface area contributed by atoms with E-state index in [1.807, 2.05) is 6.07 Å². The lowest BCUT2D eigenvalue weighted by molar-refractivity contribution is -0.387. The molecule has 4 rings (SSSR count). The minimum atomic E-state index is -1.59. The average molecular weight is 628 g/mol. The first-order valence-corrected chi connectivity index (χ1v) is 16.4. The fourth-order valence-corrected chi connectivity index (χ4v) is 8.87. The Hall–Kier alpha value is -3.05. The zero-order chi connectivity index (χ0) is 31.7. The van der Waals surface area contributed by atoms with Crippen LogP contribution in [0.5, 0.6) is 0 Å². The van der Waals surface area contributed by atoms with Crippen LogP contribution in [0.4, 0.5) is 5.69 Å². The van der Waals surface area contributed by atoms with Crippen LogP contribution in [0.1, 0.15) is 71.1 Å². The zero-order valence-electron chi connectivity index (χ0n) is 25.6. The Labute approximate surface area is 261 Å². The Kier molecular flexibility index (Phi) is 9.85. The molecule has 43 heavy (non-hydrogen) atoms. The van der Waals surface area contributed by atoms with Gasteiger partial charge >= 0.3 is 5.97 Å². The van der Waals surface area contributed by atoms with E-state index in [4.69, 9.17) is 0 Å². The number of nitrogens with zero attached hydrogens (tertiary/aromatic N) is 2. The molecule has 0 aromatic heterocycles. The Morgan fingerprint density at radius 1 is 1.07 bits per heavy atom. The normalized spacial score (nSPS) is 22.4. The summed E-state index contributed by atoms with van der Waals surface area (Å²) < 4.78 is -0.836. The van der Waals surface area contributed by atoms with Gasteiger partial charge in [0.15, 0.2) is 0 Å². The lowest BCUT2D eigenvalue weighted by Gasteiger charge is -2.52. The van der Waals surface area contributed by atoms with Crippen molar-refractivity contribution in [2.24, 2.45) is 11.8 Å². The average Bonchev–Trinajstić information content (AvgIpc) is 3.20. The summed E-state index contributed by atoms with van der Waals surface area (Å²) in [6, 6.07) is 11.2. The number of carbonyl (C=O) groups excluding carboxylic acids is 2. The quantitative estimate of drug-likeness (QED) is 0.119. The fraction of sp³-hybridized carbons (Fsp3) is 0.531. The molecule has 2 fully saturated rings. The molecule has 232 valence electrons. The predicted molar refractivity (Wildman–Crippen MR) is 170 cm³/mol. The van der Waals surface area contributed by atoms with Gasteiger partial charge in [0.1, 0.15) is 11.4 Å². The Morgan fingerprint density at radius 2 is 1.72 bits per heavy atom. The Balaban J connectivity index is 1.66. The molecule has 0 saturated carbocycles.